The van der Waals surface area contributed by atoms with Gasteiger partial charge in [0.25, 0.3) is 6.02 Å². The van der Waals surface area contributed by atoms with Crippen LogP contribution in [0.5, 0.6) is 0 Å². The van der Waals surface area contributed by atoms with E-state index in [-0.39, 0.29) is 12.9 Å². The van der Waals surface area contributed by atoms with E-state index in [9.17, 15) is 5.11 Å². The zero-order chi connectivity index (χ0) is 21.3. The molecule has 0 aromatic carbocycles. The highest BCUT2D eigenvalue weighted by atomic mass is 32.1. The zero-order valence-corrected chi connectivity index (χ0v) is 18.9. The van der Waals surface area contributed by atoms with Gasteiger partial charge in [-0.05, 0) is 45.2 Å². The van der Waals surface area contributed by atoms with E-state index in [0.717, 1.165) is 37.4 Å². The Kier molecular flexibility index (Phi) is 9.06. The van der Waals surface area contributed by atoms with Crippen molar-refractivity contribution in [1.29, 1.82) is 0 Å². The van der Waals surface area contributed by atoms with Crippen LogP contribution in [0.3, 0.4) is 0 Å². The van der Waals surface area contributed by atoms with E-state index in [2.05, 4.69) is 57.6 Å². The third-order valence-electron chi connectivity index (χ3n) is 4.00. The van der Waals surface area contributed by atoms with Gasteiger partial charge in [0.15, 0.2) is 5.84 Å². The highest BCUT2D eigenvalue weighted by molar-refractivity contribution is 7.16. The number of thiophene rings is 1. The summed E-state index contributed by atoms with van der Waals surface area (Å²) in [4.78, 5) is 12.8. The lowest BCUT2D eigenvalue weighted by Gasteiger charge is -2.29. The van der Waals surface area contributed by atoms with Crippen LogP contribution in [0.25, 0.3) is 0 Å². The number of aliphatic hydroxyl groups is 1. The summed E-state index contributed by atoms with van der Waals surface area (Å²) in [6.07, 6.45) is 4.30. The molecule has 1 aromatic rings. The second-order valence-electron chi connectivity index (χ2n) is 7.55. The smallest absolute Gasteiger partial charge is 0.293 e. The molecule has 0 bridgehead atoms. The summed E-state index contributed by atoms with van der Waals surface area (Å²) in [5, 5.41) is 18.3. The predicted octanol–water partition coefficient (Wildman–Crippen LogP) is 3.26. The van der Waals surface area contributed by atoms with Gasteiger partial charge in [-0.1, -0.05) is 20.8 Å². The molecular weight excluding hydrogens is 388 g/mol. The number of ether oxygens (including phenoxy) is 1. The molecule has 0 aliphatic carbocycles. The number of rotatable bonds is 11. The van der Waals surface area contributed by atoms with Crippen LogP contribution >= 0.6 is 11.3 Å². The van der Waals surface area contributed by atoms with Crippen molar-refractivity contribution in [2.75, 3.05) is 25.1 Å². The van der Waals surface area contributed by atoms with E-state index >= 15 is 0 Å². The van der Waals surface area contributed by atoms with Gasteiger partial charge in [0.05, 0.1) is 11.8 Å². The molecule has 0 spiro atoms. The second kappa shape index (κ2) is 11.3. The summed E-state index contributed by atoms with van der Waals surface area (Å²) in [5.41, 5.74) is 2.09. The van der Waals surface area contributed by atoms with E-state index in [1.54, 1.807) is 31.4 Å². The Morgan fingerprint density at radius 3 is 2.59 bits per heavy atom. The van der Waals surface area contributed by atoms with Gasteiger partial charge in [0.2, 0.25) is 6.29 Å². The Balaban J connectivity index is 2.11. The van der Waals surface area contributed by atoms with Crippen molar-refractivity contribution in [2.24, 2.45) is 15.1 Å². The molecule has 8 nitrogen and oxygen atoms in total. The molecule has 3 N–H and O–H groups in total. The van der Waals surface area contributed by atoms with E-state index < -0.39 is 5.60 Å². The molecule has 162 valence electrons. The summed E-state index contributed by atoms with van der Waals surface area (Å²) >= 11 is 1.68. The maximum atomic E-state index is 9.96. The topological polar surface area (TPSA) is 93.8 Å². The highest BCUT2D eigenvalue weighted by Crippen LogP contribution is 2.21. The molecule has 0 radical (unpaired) electrons. The summed E-state index contributed by atoms with van der Waals surface area (Å²) in [7, 11) is 0. The van der Waals surface area contributed by atoms with Gasteiger partial charge in [-0.15, -0.1) is 11.3 Å². The van der Waals surface area contributed by atoms with Crippen molar-refractivity contribution in [3.8, 4) is 0 Å². The van der Waals surface area contributed by atoms with Gasteiger partial charge in [0, 0.05) is 18.0 Å². The van der Waals surface area contributed by atoms with Gasteiger partial charge in [-0.2, -0.15) is 10.1 Å². The molecule has 0 amide bonds. The maximum absolute atomic E-state index is 9.96. The van der Waals surface area contributed by atoms with Gasteiger partial charge in [-0.25, -0.2) is 4.99 Å². The normalized spacial score (nSPS) is 17.3. The Hall–Kier alpha value is -1.97. The number of nitrogens with one attached hydrogen (secondary N) is 2. The maximum Gasteiger partial charge on any atom is 0.293 e. The molecular formula is C20H34N6O2S. The van der Waals surface area contributed by atoms with Gasteiger partial charge in [-0.3, -0.25) is 15.6 Å². The van der Waals surface area contributed by atoms with Crippen LogP contribution in [-0.2, 0) is 11.2 Å². The van der Waals surface area contributed by atoms with E-state index in [0.29, 0.717) is 11.9 Å². The van der Waals surface area contributed by atoms with Crippen molar-refractivity contribution < 1.29 is 9.84 Å². The largest absolute Gasteiger partial charge is 0.462 e. The minimum absolute atomic E-state index is 0.130. The molecule has 29 heavy (non-hydrogen) atoms. The van der Waals surface area contributed by atoms with E-state index in [1.807, 2.05) is 6.07 Å². The Bertz CT molecular complexity index is 717. The number of hydrogen-bond acceptors (Lipinski definition) is 9. The molecule has 1 aliphatic heterocycles. The van der Waals surface area contributed by atoms with Crippen molar-refractivity contribution >= 4 is 34.4 Å². The third kappa shape index (κ3) is 8.12. The minimum atomic E-state index is -0.952. The molecule has 0 saturated heterocycles. The average molecular weight is 423 g/mol. The molecule has 2 rings (SSSR count). The standard InChI is InChI=1S/C20H34N6O2S/c1-6-11-26(12-7-2)18-22-16(23-19(24-18)28-14-20(4,5)27)13-21-25-17-10-9-15(8-3)29-17/h9-10,13,18,25,27H,6-8,11-12,14H2,1-5H3,(H,22,23,24)/b21-13+. The number of hydrogen-bond donors (Lipinski definition) is 3. The molecule has 1 unspecified atom stereocenters. The molecule has 1 atom stereocenters. The summed E-state index contributed by atoms with van der Waals surface area (Å²) in [6, 6.07) is 4.45. The van der Waals surface area contributed by atoms with Crippen LogP contribution in [0.4, 0.5) is 5.00 Å². The summed E-state index contributed by atoms with van der Waals surface area (Å²) in [5.74, 6) is 0.563. The Morgan fingerprint density at radius 2 is 2.00 bits per heavy atom. The fraction of sp³-hybridized carbons (Fsp3) is 0.650. The first kappa shape index (κ1) is 23.3. The number of amidine groups is 2. The van der Waals surface area contributed by atoms with Gasteiger partial charge >= 0.3 is 0 Å². The number of hydrazone groups is 1. The first-order valence-corrected chi connectivity index (χ1v) is 11.1. The highest BCUT2D eigenvalue weighted by Gasteiger charge is 2.24. The lowest BCUT2D eigenvalue weighted by atomic mass is 10.2. The van der Waals surface area contributed by atoms with Crippen molar-refractivity contribution in [1.82, 2.24) is 10.2 Å². The SMILES string of the molecule is CCCN(CCC)C1N=C(/C=N/Nc2ccc(CC)s2)NC(OCC(C)(C)O)=N1. The first-order valence-electron chi connectivity index (χ1n) is 10.2. The van der Waals surface area contributed by atoms with Crippen molar-refractivity contribution in [2.45, 2.75) is 65.8 Å². The fourth-order valence-electron chi connectivity index (χ4n) is 2.68. The predicted molar refractivity (Wildman–Crippen MR) is 122 cm³/mol. The minimum Gasteiger partial charge on any atom is -0.462 e. The number of aliphatic imine (C=N–C) groups is 2. The number of anilines is 1. The quantitative estimate of drug-likeness (QED) is 0.376. The number of aryl methyl sites for hydroxylation is 1. The molecule has 0 fully saturated rings. The van der Waals surface area contributed by atoms with Crippen LogP contribution in [0, 0.1) is 0 Å². The molecule has 9 heteroatoms. The Morgan fingerprint density at radius 1 is 1.28 bits per heavy atom. The van der Waals surface area contributed by atoms with Crippen LogP contribution in [0.15, 0.2) is 27.2 Å². The fourth-order valence-corrected chi connectivity index (χ4v) is 3.48. The molecule has 0 saturated carbocycles. The molecule has 1 aromatic heterocycles. The van der Waals surface area contributed by atoms with E-state index in [4.69, 9.17) is 4.74 Å². The monoisotopic (exact) mass is 422 g/mol. The van der Waals surface area contributed by atoms with Crippen LogP contribution < -0.4 is 10.7 Å². The molecule has 2 heterocycles. The average Bonchev–Trinajstić information content (AvgIpc) is 3.13. The van der Waals surface area contributed by atoms with E-state index in [1.165, 1.54) is 4.88 Å². The lowest BCUT2D eigenvalue weighted by molar-refractivity contribution is 0.0215. The summed E-state index contributed by atoms with van der Waals surface area (Å²) < 4.78 is 5.70. The van der Waals surface area contributed by atoms with Gasteiger partial charge in [0.1, 0.15) is 11.6 Å². The third-order valence-corrected chi connectivity index (χ3v) is 5.14. The van der Waals surface area contributed by atoms with Crippen LogP contribution in [-0.4, -0.2) is 59.7 Å². The lowest BCUT2D eigenvalue weighted by Crippen LogP contribution is -2.46. The number of nitrogens with zero attached hydrogens (tertiary/aromatic N) is 4. The van der Waals surface area contributed by atoms with Crippen molar-refractivity contribution in [3.05, 3.63) is 17.0 Å². The van der Waals surface area contributed by atoms with Crippen LogP contribution in [0.1, 0.15) is 52.3 Å². The van der Waals surface area contributed by atoms with Crippen molar-refractivity contribution in [3.63, 3.8) is 0 Å². The summed E-state index contributed by atoms with van der Waals surface area (Å²) in [6.45, 7) is 11.7. The van der Waals surface area contributed by atoms with Crippen LogP contribution in [0.2, 0.25) is 0 Å². The zero-order valence-electron chi connectivity index (χ0n) is 18.1. The molecule has 1 aliphatic rings. The first-order chi connectivity index (χ1) is 13.8. The van der Waals surface area contributed by atoms with Gasteiger partial charge < -0.3 is 9.84 Å². The Labute approximate surface area is 177 Å². The second-order valence-corrected chi connectivity index (χ2v) is 8.71.